The number of hydrogen-bond donors (Lipinski definition) is 1. The highest BCUT2D eigenvalue weighted by molar-refractivity contribution is 6.46. The first-order chi connectivity index (χ1) is 14.6. The lowest BCUT2D eigenvalue weighted by Gasteiger charge is -2.24. The highest BCUT2D eigenvalue weighted by atomic mass is 19.1. The monoisotopic (exact) mass is 406 g/mol. The summed E-state index contributed by atoms with van der Waals surface area (Å²) in [6.07, 6.45) is 7.32. The predicted octanol–water partition coefficient (Wildman–Crippen LogP) is 2.93. The van der Waals surface area contributed by atoms with E-state index in [4.69, 9.17) is 0 Å². The molecule has 2 aromatic heterocycles. The third kappa shape index (κ3) is 3.71. The van der Waals surface area contributed by atoms with Crippen LogP contribution < -0.4 is 0 Å². The first-order valence-electron chi connectivity index (χ1n) is 9.47. The van der Waals surface area contributed by atoms with Crippen LogP contribution in [-0.4, -0.2) is 42.8 Å². The number of rotatable bonds is 6. The Bertz CT molecular complexity index is 1080. The molecule has 3 aromatic rings. The molecule has 1 amide bonds. The summed E-state index contributed by atoms with van der Waals surface area (Å²) in [4.78, 5) is 35.4. The van der Waals surface area contributed by atoms with Gasteiger partial charge >= 0.3 is 0 Å². The molecule has 1 N–H and O–H groups in total. The van der Waals surface area contributed by atoms with Crippen LogP contribution in [0.2, 0.25) is 0 Å². The summed E-state index contributed by atoms with van der Waals surface area (Å²) in [6, 6.07) is 9.48. The Morgan fingerprint density at radius 1 is 1.07 bits per heavy atom. The van der Waals surface area contributed by atoms with Gasteiger partial charge in [-0.1, -0.05) is 6.07 Å². The number of carbonyl (C=O) groups excluding carboxylic acids is 2. The Labute approximate surface area is 172 Å². The van der Waals surface area contributed by atoms with Crippen molar-refractivity contribution in [1.82, 2.24) is 19.4 Å². The lowest BCUT2D eigenvalue weighted by Crippen LogP contribution is -2.31. The molecule has 1 atom stereocenters. The number of hydrogen-bond acceptors (Lipinski definition) is 5. The number of aryl methyl sites for hydroxylation is 1. The molecule has 152 valence electrons. The van der Waals surface area contributed by atoms with Crippen molar-refractivity contribution in [2.24, 2.45) is 0 Å². The Morgan fingerprint density at radius 2 is 1.87 bits per heavy atom. The van der Waals surface area contributed by atoms with Gasteiger partial charge in [-0.15, -0.1) is 0 Å². The number of likely N-dealkylation sites (tertiary alicyclic amines) is 1. The number of imidazole rings is 1. The van der Waals surface area contributed by atoms with Gasteiger partial charge in [0.1, 0.15) is 17.6 Å². The second-order valence-corrected chi connectivity index (χ2v) is 6.91. The smallest absolute Gasteiger partial charge is 0.295 e. The first-order valence-corrected chi connectivity index (χ1v) is 9.47. The van der Waals surface area contributed by atoms with Crippen molar-refractivity contribution in [2.45, 2.75) is 19.0 Å². The molecule has 1 aromatic carbocycles. The third-order valence-electron chi connectivity index (χ3n) is 5.00. The van der Waals surface area contributed by atoms with Crippen molar-refractivity contribution in [3.8, 4) is 0 Å². The number of halogens is 1. The molecule has 4 rings (SSSR count). The van der Waals surface area contributed by atoms with Crippen molar-refractivity contribution in [3.63, 3.8) is 0 Å². The van der Waals surface area contributed by atoms with Crippen molar-refractivity contribution in [1.29, 1.82) is 0 Å². The van der Waals surface area contributed by atoms with E-state index in [0.29, 0.717) is 25.2 Å². The molecule has 7 nitrogen and oxygen atoms in total. The van der Waals surface area contributed by atoms with Crippen LogP contribution in [0.5, 0.6) is 0 Å². The van der Waals surface area contributed by atoms with Gasteiger partial charge < -0.3 is 14.6 Å². The molecule has 1 aliphatic rings. The number of ketones is 1. The molecule has 30 heavy (non-hydrogen) atoms. The number of carbonyl (C=O) groups is 2. The van der Waals surface area contributed by atoms with E-state index in [0.717, 1.165) is 0 Å². The van der Waals surface area contributed by atoms with Crippen LogP contribution in [0.3, 0.4) is 0 Å². The van der Waals surface area contributed by atoms with Gasteiger partial charge in [0.25, 0.3) is 11.7 Å². The fourth-order valence-electron chi connectivity index (χ4n) is 3.56. The molecule has 1 fully saturated rings. The van der Waals surface area contributed by atoms with E-state index in [9.17, 15) is 19.1 Å². The summed E-state index contributed by atoms with van der Waals surface area (Å²) in [7, 11) is 0. The standard InChI is InChI=1S/C22H19FN4O3/c23-16-7-5-15(6-8-16)20(28)18-19(17-4-1-2-9-25-17)27(22(30)21(18)29)12-3-11-26-13-10-24-14-26/h1-2,4-10,13-14,19,28H,3,11-12H2/t19-/m1/s1. The average Bonchev–Trinajstić information content (AvgIpc) is 3.37. The minimum Gasteiger partial charge on any atom is -0.507 e. The summed E-state index contributed by atoms with van der Waals surface area (Å²) in [5, 5.41) is 10.8. The summed E-state index contributed by atoms with van der Waals surface area (Å²) in [6.45, 7) is 0.917. The van der Waals surface area contributed by atoms with Crippen LogP contribution in [0.4, 0.5) is 4.39 Å². The maximum Gasteiger partial charge on any atom is 0.295 e. The fourth-order valence-corrected chi connectivity index (χ4v) is 3.56. The van der Waals surface area contributed by atoms with E-state index < -0.39 is 23.5 Å². The van der Waals surface area contributed by atoms with E-state index >= 15 is 0 Å². The Morgan fingerprint density at radius 3 is 2.53 bits per heavy atom. The number of benzene rings is 1. The normalized spacial score (nSPS) is 18.2. The average molecular weight is 406 g/mol. The van der Waals surface area contributed by atoms with Gasteiger partial charge in [-0.05, 0) is 42.8 Å². The van der Waals surface area contributed by atoms with E-state index in [1.54, 1.807) is 36.9 Å². The summed E-state index contributed by atoms with van der Waals surface area (Å²) in [5.74, 6) is -2.29. The van der Waals surface area contributed by atoms with Gasteiger partial charge in [0, 0.05) is 37.2 Å². The van der Waals surface area contributed by atoms with E-state index in [2.05, 4.69) is 9.97 Å². The molecule has 3 heterocycles. The molecule has 0 radical (unpaired) electrons. The number of aliphatic hydroxyl groups is 1. The Kier molecular flexibility index (Phi) is 5.38. The van der Waals surface area contributed by atoms with Crippen molar-refractivity contribution in [3.05, 3.63) is 90.0 Å². The molecule has 0 saturated carbocycles. The van der Waals surface area contributed by atoms with E-state index in [1.807, 2.05) is 10.8 Å². The molecular formula is C22H19FN4O3. The van der Waals surface area contributed by atoms with Crippen LogP contribution in [0, 0.1) is 5.82 Å². The topological polar surface area (TPSA) is 88.3 Å². The number of aliphatic hydroxyl groups excluding tert-OH is 1. The number of nitrogens with zero attached hydrogens (tertiary/aromatic N) is 4. The fraction of sp³-hybridized carbons (Fsp3) is 0.182. The van der Waals surface area contributed by atoms with Gasteiger partial charge in [0.05, 0.1) is 17.6 Å². The van der Waals surface area contributed by atoms with E-state index in [-0.39, 0.29) is 16.9 Å². The lowest BCUT2D eigenvalue weighted by molar-refractivity contribution is -0.140. The van der Waals surface area contributed by atoms with Crippen LogP contribution in [0.1, 0.15) is 23.7 Å². The molecule has 0 unspecified atom stereocenters. The van der Waals surface area contributed by atoms with Crippen LogP contribution in [-0.2, 0) is 16.1 Å². The molecule has 0 spiro atoms. The zero-order chi connectivity index (χ0) is 21.1. The molecular weight excluding hydrogens is 387 g/mol. The number of amides is 1. The highest BCUT2D eigenvalue weighted by Gasteiger charge is 2.46. The van der Waals surface area contributed by atoms with Crippen molar-refractivity contribution >= 4 is 17.4 Å². The molecule has 1 aliphatic heterocycles. The molecule has 0 aliphatic carbocycles. The van der Waals surface area contributed by atoms with Crippen LogP contribution >= 0.6 is 0 Å². The summed E-state index contributed by atoms with van der Waals surface area (Å²) in [5.41, 5.74) is 0.685. The van der Waals surface area contributed by atoms with Crippen LogP contribution in [0.25, 0.3) is 5.76 Å². The van der Waals surface area contributed by atoms with Crippen molar-refractivity contribution < 1.29 is 19.1 Å². The van der Waals surface area contributed by atoms with Gasteiger partial charge in [0.15, 0.2) is 0 Å². The van der Waals surface area contributed by atoms with Crippen molar-refractivity contribution in [2.75, 3.05) is 6.54 Å². The quantitative estimate of drug-likeness (QED) is 0.386. The second-order valence-electron chi connectivity index (χ2n) is 6.91. The molecule has 1 saturated heterocycles. The predicted molar refractivity (Wildman–Crippen MR) is 106 cm³/mol. The third-order valence-corrected chi connectivity index (χ3v) is 5.00. The minimum atomic E-state index is -0.820. The zero-order valence-corrected chi connectivity index (χ0v) is 16.0. The number of pyridine rings is 1. The highest BCUT2D eigenvalue weighted by Crippen LogP contribution is 2.38. The zero-order valence-electron chi connectivity index (χ0n) is 16.0. The first kappa shape index (κ1) is 19.5. The summed E-state index contributed by atoms with van der Waals surface area (Å²) >= 11 is 0. The maximum atomic E-state index is 13.3. The van der Waals surface area contributed by atoms with Gasteiger partial charge in [0.2, 0.25) is 0 Å². The molecule has 8 heteroatoms. The number of aromatic nitrogens is 3. The minimum absolute atomic E-state index is 0.0482. The summed E-state index contributed by atoms with van der Waals surface area (Å²) < 4.78 is 15.2. The Balaban J connectivity index is 1.71. The lowest BCUT2D eigenvalue weighted by atomic mass is 9.98. The van der Waals surface area contributed by atoms with Gasteiger partial charge in [-0.3, -0.25) is 14.6 Å². The Hall–Kier alpha value is -3.81. The SMILES string of the molecule is O=C1C(=O)N(CCCn2ccnc2)[C@H](c2ccccn2)C1=C(O)c1ccc(F)cc1. The largest absolute Gasteiger partial charge is 0.507 e. The number of Topliss-reactive ketones (excluding diaryl/α,β-unsaturated/α-hetero) is 1. The maximum absolute atomic E-state index is 13.3. The van der Waals surface area contributed by atoms with Gasteiger partial charge in [-0.25, -0.2) is 9.37 Å². The van der Waals surface area contributed by atoms with Gasteiger partial charge in [-0.2, -0.15) is 0 Å². The van der Waals surface area contributed by atoms with E-state index in [1.165, 1.54) is 29.2 Å². The second kappa shape index (κ2) is 8.28. The molecule has 0 bridgehead atoms. The van der Waals surface area contributed by atoms with Crippen LogP contribution in [0.15, 0.2) is 73.0 Å².